The maximum absolute atomic E-state index is 11.7. The van der Waals surface area contributed by atoms with Crippen LogP contribution in [0.2, 0.25) is 18.1 Å². The van der Waals surface area contributed by atoms with Crippen LogP contribution in [0.5, 0.6) is 5.75 Å². The molecule has 20 heavy (non-hydrogen) atoms. The SMILES string of the molecule is COC(=O)c1cc(O[Si](C)(C)C(C)(C)C)ccc1C=O. The van der Waals surface area contributed by atoms with Crippen molar-refractivity contribution >= 4 is 20.6 Å². The summed E-state index contributed by atoms with van der Waals surface area (Å²) < 4.78 is 10.8. The van der Waals surface area contributed by atoms with Crippen molar-refractivity contribution in [2.45, 2.75) is 38.9 Å². The highest BCUT2D eigenvalue weighted by Gasteiger charge is 2.39. The van der Waals surface area contributed by atoms with Gasteiger partial charge in [-0.1, -0.05) is 20.8 Å². The number of esters is 1. The molecule has 0 radical (unpaired) electrons. The van der Waals surface area contributed by atoms with E-state index in [1.165, 1.54) is 7.11 Å². The Bertz CT molecular complexity index is 515. The number of aldehydes is 1. The molecular weight excluding hydrogens is 272 g/mol. The summed E-state index contributed by atoms with van der Waals surface area (Å²) >= 11 is 0. The number of hydrogen-bond acceptors (Lipinski definition) is 4. The molecule has 0 bridgehead atoms. The molecule has 0 saturated carbocycles. The molecule has 0 aliphatic rings. The van der Waals surface area contributed by atoms with Crippen molar-refractivity contribution in [2.75, 3.05) is 7.11 Å². The minimum atomic E-state index is -1.98. The first-order chi connectivity index (χ1) is 9.12. The van der Waals surface area contributed by atoms with Gasteiger partial charge in [0, 0.05) is 5.56 Å². The van der Waals surface area contributed by atoms with E-state index in [0.29, 0.717) is 17.6 Å². The number of carbonyl (C=O) groups excluding carboxylic acids is 2. The maximum atomic E-state index is 11.7. The van der Waals surface area contributed by atoms with Gasteiger partial charge in [-0.05, 0) is 36.3 Å². The molecule has 1 rings (SSSR count). The average molecular weight is 294 g/mol. The van der Waals surface area contributed by atoms with Gasteiger partial charge in [0.1, 0.15) is 5.75 Å². The van der Waals surface area contributed by atoms with E-state index >= 15 is 0 Å². The Balaban J connectivity index is 3.16. The summed E-state index contributed by atoms with van der Waals surface area (Å²) in [6, 6.07) is 4.88. The van der Waals surface area contributed by atoms with Gasteiger partial charge in [0.2, 0.25) is 8.32 Å². The molecule has 0 aliphatic heterocycles. The van der Waals surface area contributed by atoms with Gasteiger partial charge in [-0.15, -0.1) is 0 Å². The Kier molecular flexibility index (Phi) is 4.75. The minimum absolute atomic E-state index is 0.0573. The van der Waals surface area contributed by atoms with Crippen LogP contribution in [0.4, 0.5) is 0 Å². The smallest absolute Gasteiger partial charge is 0.338 e. The van der Waals surface area contributed by atoms with Crippen molar-refractivity contribution < 1.29 is 18.8 Å². The highest BCUT2D eigenvalue weighted by atomic mass is 28.4. The summed E-state index contributed by atoms with van der Waals surface area (Å²) in [5.41, 5.74) is 0.540. The van der Waals surface area contributed by atoms with Crippen molar-refractivity contribution in [3.05, 3.63) is 29.3 Å². The van der Waals surface area contributed by atoms with Crippen LogP contribution in [0.3, 0.4) is 0 Å². The topological polar surface area (TPSA) is 52.6 Å². The fourth-order valence-corrected chi connectivity index (χ4v) is 2.46. The highest BCUT2D eigenvalue weighted by molar-refractivity contribution is 6.74. The lowest BCUT2D eigenvalue weighted by Gasteiger charge is -2.36. The lowest BCUT2D eigenvalue weighted by molar-refractivity contribution is 0.0598. The monoisotopic (exact) mass is 294 g/mol. The molecule has 5 heteroatoms. The molecule has 1 aromatic carbocycles. The fourth-order valence-electron chi connectivity index (χ4n) is 1.44. The van der Waals surface area contributed by atoms with Gasteiger partial charge >= 0.3 is 5.97 Å². The Morgan fingerprint density at radius 1 is 1.25 bits per heavy atom. The molecule has 0 spiro atoms. The minimum Gasteiger partial charge on any atom is -0.543 e. The highest BCUT2D eigenvalue weighted by Crippen LogP contribution is 2.37. The predicted octanol–water partition coefficient (Wildman–Crippen LogP) is 3.67. The molecule has 0 fully saturated rings. The quantitative estimate of drug-likeness (QED) is 0.483. The molecular formula is C15H22O4Si. The standard InChI is InChI=1S/C15H22O4Si/c1-15(2,3)20(5,6)19-12-8-7-11(10-16)13(9-12)14(17)18-4/h7-10H,1-6H3. The molecule has 0 saturated heterocycles. The second kappa shape index (κ2) is 5.79. The second-order valence-electron chi connectivity index (χ2n) is 6.22. The lowest BCUT2D eigenvalue weighted by Crippen LogP contribution is -2.43. The second-order valence-corrected chi connectivity index (χ2v) is 10.9. The third-order valence-corrected chi connectivity index (χ3v) is 8.09. The van der Waals surface area contributed by atoms with Crippen molar-refractivity contribution in [1.82, 2.24) is 0 Å². The van der Waals surface area contributed by atoms with Crippen LogP contribution < -0.4 is 4.43 Å². The van der Waals surface area contributed by atoms with Gasteiger partial charge in [-0.2, -0.15) is 0 Å². The Hall–Kier alpha value is -1.62. The van der Waals surface area contributed by atoms with Crippen LogP contribution in [-0.2, 0) is 4.74 Å². The van der Waals surface area contributed by atoms with Gasteiger partial charge < -0.3 is 9.16 Å². The summed E-state index contributed by atoms with van der Waals surface area (Å²) in [6.45, 7) is 10.7. The Morgan fingerprint density at radius 2 is 1.85 bits per heavy atom. The number of methoxy groups -OCH3 is 1. The first-order valence-electron chi connectivity index (χ1n) is 6.49. The van der Waals surface area contributed by atoms with E-state index in [1.807, 2.05) is 0 Å². The van der Waals surface area contributed by atoms with Crippen LogP contribution in [0.1, 0.15) is 41.5 Å². The van der Waals surface area contributed by atoms with Gasteiger partial charge in [-0.3, -0.25) is 4.79 Å². The molecule has 4 nitrogen and oxygen atoms in total. The number of rotatable bonds is 4. The molecule has 0 aliphatic carbocycles. The summed E-state index contributed by atoms with van der Waals surface area (Å²) in [7, 11) is -0.692. The van der Waals surface area contributed by atoms with Gasteiger partial charge in [-0.25, -0.2) is 4.79 Å². The number of hydrogen-bond donors (Lipinski definition) is 0. The lowest BCUT2D eigenvalue weighted by atomic mass is 10.1. The maximum Gasteiger partial charge on any atom is 0.338 e. The van der Waals surface area contributed by atoms with Crippen molar-refractivity contribution in [3.8, 4) is 5.75 Å². The van der Waals surface area contributed by atoms with Crippen LogP contribution in [0, 0.1) is 0 Å². The molecule has 0 amide bonds. The van der Waals surface area contributed by atoms with Crippen LogP contribution in [-0.4, -0.2) is 27.7 Å². The third-order valence-electron chi connectivity index (χ3n) is 3.74. The van der Waals surface area contributed by atoms with E-state index in [4.69, 9.17) is 4.43 Å². The van der Waals surface area contributed by atoms with Crippen LogP contribution in [0.15, 0.2) is 18.2 Å². The zero-order valence-electron chi connectivity index (χ0n) is 12.9. The fraction of sp³-hybridized carbons (Fsp3) is 0.467. The first kappa shape index (κ1) is 16.4. The third kappa shape index (κ3) is 3.48. The van der Waals surface area contributed by atoms with E-state index in [0.717, 1.165) is 0 Å². The number of carbonyl (C=O) groups is 2. The predicted molar refractivity (Wildman–Crippen MR) is 81.0 cm³/mol. The normalized spacial score (nSPS) is 11.9. The summed E-state index contributed by atoms with van der Waals surface area (Å²) in [5, 5.41) is 0.0573. The van der Waals surface area contributed by atoms with Gasteiger partial charge in [0.15, 0.2) is 6.29 Å². The molecule has 0 unspecified atom stereocenters. The van der Waals surface area contributed by atoms with E-state index in [2.05, 4.69) is 38.6 Å². The Labute approximate surface area is 121 Å². The first-order valence-corrected chi connectivity index (χ1v) is 9.40. The Morgan fingerprint density at radius 3 is 2.30 bits per heavy atom. The van der Waals surface area contributed by atoms with Gasteiger partial charge in [0.25, 0.3) is 0 Å². The van der Waals surface area contributed by atoms with E-state index in [9.17, 15) is 9.59 Å². The number of ether oxygens (including phenoxy) is 1. The van der Waals surface area contributed by atoms with E-state index in [1.54, 1.807) is 18.2 Å². The summed E-state index contributed by atoms with van der Waals surface area (Å²) in [6.07, 6.45) is 0.641. The van der Waals surface area contributed by atoms with Gasteiger partial charge in [0.05, 0.1) is 12.7 Å². The zero-order valence-corrected chi connectivity index (χ0v) is 13.9. The molecule has 0 atom stereocenters. The average Bonchev–Trinajstić information content (AvgIpc) is 2.36. The van der Waals surface area contributed by atoms with Crippen molar-refractivity contribution in [2.24, 2.45) is 0 Å². The van der Waals surface area contributed by atoms with E-state index < -0.39 is 14.3 Å². The van der Waals surface area contributed by atoms with Crippen molar-refractivity contribution in [1.29, 1.82) is 0 Å². The zero-order chi connectivity index (χ0) is 15.6. The molecule has 0 heterocycles. The molecule has 0 aromatic heterocycles. The summed E-state index contributed by atoms with van der Waals surface area (Å²) in [4.78, 5) is 22.6. The molecule has 110 valence electrons. The van der Waals surface area contributed by atoms with Crippen molar-refractivity contribution in [3.63, 3.8) is 0 Å². The number of benzene rings is 1. The summed E-state index contributed by atoms with van der Waals surface area (Å²) in [5.74, 6) is 0.0652. The van der Waals surface area contributed by atoms with E-state index in [-0.39, 0.29) is 10.6 Å². The van der Waals surface area contributed by atoms with Crippen LogP contribution >= 0.6 is 0 Å². The molecule has 0 N–H and O–H groups in total. The molecule has 1 aromatic rings. The largest absolute Gasteiger partial charge is 0.543 e. The van der Waals surface area contributed by atoms with Crippen LogP contribution in [0.25, 0.3) is 0 Å².